The standard InChI is InChI=1S/C22H13F31O2/c1-6(23,13(33,34)15(37,38)8(3,25)17(41,42)19(45,46)10(27,28)5(54)55)11(29,30)12(31,32)7(2,24)14(35,36)16(39,40)9(4,26)18(43,44)20(47,48)21(49,50)22(51,52)53/h1-4H3,(H,54,55). The highest BCUT2D eigenvalue weighted by Crippen LogP contribution is 2.69. The molecule has 0 rings (SSSR count). The highest BCUT2D eigenvalue weighted by molar-refractivity contribution is 5.77. The van der Waals surface area contributed by atoms with Crippen LogP contribution < -0.4 is 0 Å². The van der Waals surface area contributed by atoms with Crippen molar-refractivity contribution in [2.24, 2.45) is 0 Å². The third-order valence-corrected chi connectivity index (χ3v) is 8.10. The van der Waals surface area contributed by atoms with Gasteiger partial charge >= 0.3 is 83.2 Å². The molecule has 0 amide bonds. The van der Waals surface area contributed by atoms with Crippen LogP contribution in [0.3, 0.4) is 0 Å². The first-order valence-electron chi connectivity index (χ1n) is 12.5. The Hall–Kier alpha value is -2.70. The molecule has 4 unspecified atom stereocenters. The minimum absolute atomic E-state index is 2.23. The van der Waals surface area contributed by atoms with Crippen molar-refractivity contribution in [1.29, 1.82) is 0 Å². The zero-order valence-electron chi connectivity index (χ0n) is 25.6. The molecular formula is C22H13F31O2. The van der Waals surface area contributed by atoms with Gasteiger partial charge in [0.05, 0.1) is 0 Å². The molecule has 0 aromatic carbocycles. The molecule has 55 heavy (non-hydrogen) atoms. The summed E-state index contributed by atoms with van der Waals surface area (Å²) in [7, 11) is 0. The number of halogens is 31. The van der Waals surface area contributed by atoms with Gasteiger partial charge in [0, 0.05) is 0 Å². The summed E-state index contributed by atoms with van der Waals surface area (Å²) in [6, 6.07) is 0. The second kappa shape index (κ2) is 12.4. The van der Waals surface area contributed by atoms with Gasteiger partial charge in [-0.05, 0) is 27.7 Å². The van der Waals surface area contributed by atoms with Crippen molar-refractivity contribution in [2.45, 2.75) is 128 Å². The first kappa shape index (κ1) is 52.3. The highest BCUT2D eigenvalue weighted by Gasteiger charge is 2.98. The Labute approximate surface area is 280 Å². The average Bonchev–Trinajstić information content (AvgIpc) is 2.94. The maximum absolute atomic E-state index is 14.9. The molecule has 0 aromatic rings. The lowest BCUT2D eigenvalue weighted by atomic mass is 9.71. The van der Waals surface area contributed by atoms with Gasteiger partial charge in [-0.1, -0.05) is 0 Å². The van der Waals surface area contributed by atoms with Crippen LogP contribution in [-0.4, -0.2) is 111 Å². The van der Waals surface area contributed by atoms with Crippen LogP contribution in [0.1, 0.15) is 27.7 Å². The summed E-state index contributed by atoms with van der Waals surface area (Å²) in [5.41, 5.74) is -32.6. The third kappa shape index (κ3) is 5.75. The predicted octanol–water partition coefficient (Wildman–Crippen LogP) is 11.2. The molecule has 0 aromatic heterocycles. The van der Waals surface area contributed by atoms with Crippen molar-refractivity contribution in [3.05, 3.63) is 0 Å². The number of carboxylic acid groups (broad SMARTS) is 1. The summed E-state index contributed by atoms with van der Waals surface area (Å²) >= 11 is 0. The first-order chi connectivity index (χ1) is 22.9. The quantitative estimate of drug-likeness (QED) is 0.157. The molecule has 0 saturated heterocycles. The van der Waals surface area contributed by atoms with E-state index in [0.717, 1.165) is 0 Å². The van der Waals surface area contributed by atoms with Crippen LogP contribution in [0.5, 0.6) is 0 Å². The molecule has 0 fully saturated rings. The van der Waals surface area contributed by atoms with Gasteiger partial charge in [0.2, 0.25) is 22.7 Å². The van der Waals surface area contributed by atoms with Crippen molar-refractivity contribution < 1.29 is 146 Å². The summed E-state index contributed by atoms with van der Waals surface area (Å²) in [5.74, 6) is -109. The monoisotopic (exact) mass is 898 g/mol. The second-order valence-corrected chi connectivity index (χ2v) is 11.7. The number of carbonyl (C=O) groups is 1. The summed E-state index contributed by atoms with van der Waals surface area (Å²) in [5, 5.41) is 7.90. The molecule has 0 spiro atoms. The number of hydrogen-bond donors (Lipinski definition) is 1. The van der Waals surface area contributed by atoms with E-state index >= 15 is 0 Å². The van der Waals surface area contributed by atoms with Crippen molar-refractivity contribution >= 4 is 5.97 Å². The van der Waals surface area contributed by atoms with Gasteiger partial charge in [-0.25, -0.2) is 22.4 Å². The lowest BCUT2D eigenvalue weighted by molar-refractivity contribution is -0.448. The van der Waals surface area contributed by atoms with Crippen molar-refractivity contribution in [3.63, 3.8) is 0 Å². The Morgan fingerprint density at radius 2 is 0.418 bits per heavy atom. The lowest BCUT2D eigenvalue weighted by Gasteiger charge is -2.51. The molecule has 330 valence electrons. The lowest BCUT2D eigenvalue weighted by Crippen LogP contribution is -2.81. The number of rotatable bonds is 16. The molecule has 0 heterocycles. The van der Waals surface area contributed by atoms with E-state index in [1.165, 1.54) is 0 Å². The highest BCUT2D eigenvalue weighted by atomic mass is 19.4. The molecule has 2 nitrogen and oxygen atoms in total. The second-order valence-electron chi connectivity index (χ2n) is 11.7. The number of hydrogen-bond acceptors (Lipinski definition) is 1. The van der Waals surface area contributed by atoms with E-state index in [2.05, 4.69) is 0 Å². The normalized spacial score (nSPS) is 20.6. The predicted molar refractivity (Wildman–Crippen MR) is 111 cm³/mol. The fourth-order valence-corrected chi connectivity index (χ4v) is 3.85. The Morgan fingerprint density at radius 1 is 0.273 bits per heavy atom. The summed E-state index contributed by atoms with van der Waals surface area (Å²) in [4.78, 5) is 10.2. The summed E-state index contributed by atoms with van der Waals surface area (Å²) < 4.78 is 433. The summed E-state index contributed by atoms with van der Waals surface area (Å²) in [6.45, 7) is -9.45. The van der Waals surface area contributed by atoms with Crippen LogP contribution in [0.4, 0.5) is 136 Å². The van der Waals surface area contributed by atoms with Crippen LogP contribution in [0.2, 0.25) is 0 Å². The van der Waals surface area contributed by atoms with E-state index in [0.29, 0.717) is 0 Å². The van der Waals surface area contributed by atoms with Gasteiger partial charge in [-0.15, -0.1) is 0 Å². The van der Waals surface area contributed by atoms with Crippen molar-refractivity contribution in [1.82, 2.24) is 0 Å². The minimum Gasteiger partial charge on any atom is -0.477 e. The molecule has 1 N–H and O–H groups in total. The fourth-order valence-electron chi connectivity index (χ4n) is 3.85. The van der Waals surface area contributed by atoms with Crippen LogP contribution in [0.15, 0.2) is 0 Å². The maximum atomic E-state index is 14.9. The van der Waals surface area contributed by atoms with E-state index in [1.807, 2.05) is 0 Å². The Kier molecular flexibility index (Phi) is 11.8. The molecule has 0 aliphatic heterocycles. The Morgan fingerprint density at radius 3 is 0.564 bits per heavy atom. The van der Waals surface area contributed by atoms with E-state index in [4.69, 9.17) is 5.11 Å². The molecule has 0 aliphatic rings. The average molecular weight is 898 g/mol. The Bertz CT molecular complexity index is 1450. The largest absolute Gasteiger partial charge is 0.477 e. The molecule has 0 aliphatic carbocycles. The van der Waals surface area contributed by atoms with Crippen LogP contribution in [-0.2, 0) is 4.79 Å². The number of aliphatic carboxylic acids is 1. The molecule has 0 bridgehead atoms. The minimum atomic E-state index is -9.05. The zero-order valence-corrected chi connectivity index (χ0v) is 25.6. The molecule has 4 atom stereocenters. The van der Waals surface area contributed by atoms with Gasteiger partial charge in [0.1, 0.15) is 0 Å². The van der Waals surface area contributed by atoms with Gasteiger partial charge in [-0.3, -0.25) is 0 Å². The van der Waals surface area contributed by atoms with Gasteiger partial charge in [0.15, 0.2) is 0 Å². The summed E-state index contributed by atoms with van der Waals surface area (Å²) in [6.07, 6.45) is -8.14. The topological polar surface area (TPSA) is 37.3 Å². The molecule has 0 saturated carbocycles. The van der Waals surface area contributed by atoms with Crippen LogP contribution in [0, 0.1) is 0 Å². The smallest absolute Gasteiger partial charge is 0.460 e. The van der Waals surface area contributed by atoms with Crippen LogP contribution in [0.25, 0.3) is 0 Å². The van der Waals surface area contributed by atoms with Gasteiger partial charge in [-0.2, -0.15) is 119 Å². The zero-order chi connectivity index (χ0) is 46.1. The molecule has 33 heteroatoms. The van der Waals surface area contributed by atoms with Gasteiger partial charge in [0.25, 0.3) is 0 Å². The third-order valence-electron chi connectivity index (χ3n) is 8.10. The Balaban J connectivity index is 7.83. The number of carboxylic acids is 1. The fraction of sp³-hybridized carbons (Fsp3) is 0.955. The number of alkyl halides is 31. The van der Waals surface area contributed by atoms with Crippen LogP contribution >= 0.6 is 0 Å². The molecular weight excluding hydrogens is 885 g/mol. The molecule has 0 radical (unpaired) electrons. The van der Waals surface area contributed by atoms with E-state index < -0.39 is 134 Å². The van der Waals surface area contributed by atoms with Crippen molar-refractivity contribution in [3.8, 4) is 0 Å². The maximum Gasteiger partial charge on any atom is 0.460 e. The van der Waals surface area contributed by atoms with E-state index in [9.17, 15) is 141 Å². The SMILES string of the molecule is CC(F)(C(F)(F)C(F)(F)C(F)(F)C(=O)O)C(F)(F)C(F)(F)C(C)(F)C(F)(F)C(F)(F)C(C)(F)C(F)(F)C(F)(F)C(C)(F)C(F)(F)C(F)(F)C(F)(F)C(F)(F)F. The van der Waals surface area contributed by atoms with Crippen molar-refractivity contribution in [2.75, 3.05) is 0 Å². The van der Waals surface area contributed by atoms with E-state index in [-0.39, 0.29) is 0 Å². The first-order valence-corrected chi connectivity index (χ1v) is 12.5. The van der Waals surface area contributed by atoms with E-state index in [1.54, 1.807) is 0 Å². The van der Waals surface area contributed by atoms with Gasteiger partial charge < -0.3 is 5.11 Å².